The Labute approximate surface area is 184 Å². The summed E-state index contributed by atoms with van der Waals surface area (Å²) in [6.45, 7) is 4.50. The molecule has 0 aliphatic carbocycles. The van der Waals surface area contributed by atoms with Gasteiger partial charge < -0.3 is 14.5 Å². The third kappa shape index (κ3) is 5.44. The molecule has 160 valence electrons. The van der Waals surface area contributed by atoms with Crippen LogP contribution in [0.4, 0.5) is 11.4 Å². The summed E-state index contributed by atoms with van der Waals surface area (Å²) in [6.07, 6.45) is 0. The second-order valence-electron chi connectivity index (χ2n) is 7.77. The number of rotatable bonds is 7. The molecule has 0 unspecified atom stereocenters. The molecular weight excluding hydrogens is 386 g/mol. The average molecular weight is 416 g/mol. The van der Waals surface area contributed by atoms with Crippen LogP contribution in [0, 0.1) is 0 Å². The Morgan fingerprint density at radius 3 is 2.23 bits per heavy atom. The minimum atomic E-state index is 0.130. The highest BCUT2D eigenvalue weighted by atomic mass is 16.5. The van der Waals surface area contributed by atoms with Gasteiger partial charge in [-0.15, -0.1) is 0 Å². The van der Waals surface area contributed by atoms with Crippen LogP contribution in [-0.4, -0.2) is 50.6 Å². The third-order valence-electron chi connectivity index (χ3n) is 5.70. The van der Waals surface area contributed by atoms with E-state index in [1.807, 2.05) is 65.6 Å². The van der Waals surface area contributed by atoms with E-state index >= 15 is 0 Å². The maximum atomic E-state index is 13.3. The molecule has 3 aromatic rings. The molecule has 4 rings (SSSR count). The van der Waals surface area contributed by atoms with Gasteiger partial charge in [0, 0.05) is 43.6 Å². The summed E-state index contributed by atoms with van der Waals surface area (Å²) in [7, 11) is 1.69. The zero-order valence-corrected chi connectivity index (χ0v) is 18.0. The number of ether oxygens (including phenoxy) is 1. The van der Waals surface area contributed by atoms with Crippen LogP contribution in [0.15, 0.2) is 84.9 Å². The third-order valence-corrected chi connectivity index (χ3v) is 5.70. The van der Waals surface area contributed by atoms with Crippen molar-refractivity contribution in [2.75, 3.05) is 49.6 Å². The number of methoxy groups -OCH3 is 1. The summed E-state index contributed by atoms with van der Waals surface area (Å²) >= 11 is 0. The first-order valence-corrected chi connectivity index (χ1v) is 10.7. The van der Waals surface area contributed by atoms with E-state index in [2.05, 4.69) is 34.1 Å². The number of piperazine rings is 1. The lowest BCUT2D eigenvalue weighted by atomic mass is 10.2. The molecule has 5 heteroatoms. The molecule has 1 fully saturated rings. The van der Waals surface area contributed by atoms with Gasteiger partial charge in [0.25, 0.3) is 0 Å². The monoisotopic (exact) mass is 415 g/mol. The molecule has 1 aliphatic heterocycles. The minimum absolute atomic E-state index is 0.130. The molecule has 0 N–H and O–H groups in total. The predicted molar refractivity (Wildman–Crippen MR) is 126 cm³/mol. The molecule has 1 amide bonds. The molecule has 0 atom stereocenters. The summed E-state index contributed by atoms with van der Waals surface area (Å²) in [4.78, 5) is 19.8. The number of carbonyl (C=O) groups is 1. The standard InChI is InChI=1S/C26H29N3O2/c1-31-25-14-8-13-24(19-25)28-17-15-27(16-18-28)21-26(30)29(23-11-6-3-7-12-23)20-22-9-4-2-5-10-22/h2-14,19H,15-18,20-21H2,1H3. The minimum Gasteiger partial charge on any atom is -0.497 e. The maximum absolute atomic E-state index is 13.3. The van der Waals surface area contributed by atoms with E-state index in [1.54, 1.807) is 7.11 Å². The predicted octanol–water partition coefficient (Wildman–Crippen LogP) is 4.05. The highest BCUT2D eigenvalue weighted by Crippen LogP contribution is 2.22. The number of anilines is 2. The normalized spacial score (nSPS) is 14.3. The van der Waals surface area contributed by atoms with Crippen LogP contribution in [0.1, 0.15) is 5.56 Å². The zero-order chi connectivity index (χ0) is 21.5. The molecule has 1 saturated heterocycles. The van der Waals surface area contributed by atoms with Gasteiger partial charge in [0.2, 0.25) is 5.91 Å². The quantitative estimate of drug-likeness (QED) is 0.583. The smallest absolute Gasteiger partial charge is 0.241 e. The van der Waals surface area contributed by atoms with Gasteiger partial charge in [0.05, 0.1) is 20.2 Å². The van der Waals surface area contributed by atoms with Crippen molar-refractivity contribution in [2.24, 2.45) is 0 Å². The largest absolute Gasteiger partial charge is 0.497 e. The van der Waals surface area contributed by atoms with E-state index < -0.39 is 0 Å². The van der Waals surface area contributed by atoms with Gasteiger partial charge in [-0.05, 0) is 29.8 Å². The van der Waals surface area contributed by atoms with E-state index in [4.69, 9.17) is 4.74 Å². The number of carbonyl (C=O) groups excluding carboxylic acids is 1. The van der Waals surface area contributed by atoms with E-state index in [0.29, 0.717) is 13.1 Å². The topological polar surface area (TPSA) is 36.0 Å². The first-order chi connectivity index (χ1) is 15.2. The molecule has 0 aromatic heterocycles. The van der Waals surface area contributed by atoms with E-state index in [-0.39, 0.29) is 5.91 Å². The fourth-order valence-electron chi connectivity index (χ4n) is 3.95. The van der Waals surface area contributed by atoms with E-state index in [1.165, 1.54) is 5.69 Å². The Morgan fingerprint density at radius 2 is 1.55 bits per heavy atom. The van der Waals surface area contributed by atoms with Crippen LogP contribution in [0.25, 0.3) is 0 Å². The van der Waals surface area contributed by atoms with Crippen LogP contribution in [0.5, 0.6) is 5.75 Å². The summed E-state index contributed by atoms with van der Waals surface area (Å²) in [5.74, 6) is 0.999. The highest BCUT2D eigenvalue weighted by Gasteiger charge is 2.23. The van der Waals surface area contributed by atoms with Crippen molar-refractivity contribution in [1.82, 2.24) is 4.90 Å². The summed E-state index contributed by atoms with van der Waals surface area (Å²) in [5, 5.41) is 0. The fourth-order valence-corrected chi connectivity index (χ4v) is 3.95. The lowest BCUT2D eigenvalue weighted by Gasteiger charge is -2.36. The molecule has 1 aliphatic rings. The number of para-hydroxylation sites is 1. The van der Waals surface area contributed by atoms with Gasteiger partial charge in [-0.2, -0.15) is 0 Å². The molecule has 0 saturated carbocycles. The molecule has 3 aromatic carbocycles. The average Bonchev–Trinajstić information content (AvgIpc) is 2.84. The Bertz CT molecular complexity index is 970. The highest BCUT2D eigenvalue weighted by molar-refractivity contribution is 5.94. The van der Waals surface area contributed by atoms with Gasteiger partial charge in [0.15, 0.2) is 0 Å². The van der Waals surface area contributed by atoms with Crippen molar-refractivity contribution in [3.63, 3.8) is 0 Å². The fraction of sp³-hybridized carbons (Fsp3) is 0.269. The number of hydrogen-bond donors (Lipinski definition) is 0. The SMILES string of the molecule is COc1cccc(N2CCN(CC(=O)N(Cc3ccccc3)c3ccccc3)CC2)c1. The van der Waals surface area contributed by atoms with Crippen LogP contribution >= 0.6 is 0 Å². The number of nitrogens with zero attached hydrogens (tertiary/aromatic N) is 3. The summed E-state index contributed by atoms with van der Waals surface area (Å²) in [6, 6.07) is 28.3. The van der Waals surface area contributed by atoms with Crippen molar-refractivity contribution in [3.8, 4) is 5.75 Å². The maximum Gasteiger partial charge on any atom is 0.241 e. The molecule has 31 heavy (non-hydrogen) atoms. The second kappa shape index (κ2) is 10.1. The Balaban J connectivity index is 1.39. The van der Waals surface area contributed by atoms with Gasteiger partial charge in [-0.1, -0.05) is 54.6 Å². The molecule has 1 heterocycles. The lowest BCUT2D eigenvalue weighted by Crippen LogP contribution is -2.50. The summed E-state index contributed by atoms with van der Waals surface area (Å²) in [5.41, 5.74) is 3.23. The summed E-state index contributed by atoms with van der Waals surface area (Å²) < 4.78 is 5.35. The number of hydrogen-bond acceptors (Lipinski definition) is 4. The van der Waals surface area contributed by atoms with Crippen LogP contribution < -0.4 is 14.5 Å². The first-order valence-electron chi connectivity index (χ1n) is 10.7. The molecule has 0 radical (unpaired) electrons. The second-order valence-corrected chi connectivity index (χ2v) is 7.77. The Morgan fingerprint density at radius 1 is 0.871 bits per heavy atom. The van der Waals surface area contributed by atoms with Gasteiger partial charge >= 0.3 is 0 Å². The Hall–Kier alpha value is -3.31. The van der Waals surface area contributed by atoms with Crippen molar-refractivity contribution in [1.29, 1.82) is 0 Å². The van der Waals surface area contributed by atoms with E-state index in [9.17, 15) is 4.79 Å². The van der Waals surface area contributed by atoms with Crippen LogP contribution in [-0.2, 0) is 11.3 Å². The molecule has 0 spiro atoms. The van der Waals surface area contributed by atoms with Crippen molar-refractivity contribution in [2.45, 2.75) is 6.54 Å². The number of amides is 1. The zero-order valence-electron chi connectivity index (χ0n) is 18.0. The van der Waals surface area contributed by atoms with E-state index in [0.717, 1.165) is 43.2 Å². The van der Waals surface area contributed by atoms with Crippen molar-refractivity contribution >= 4 is 17.3 Å². The number of benzene rings is 3. The van der Waals surface area contributed by atoms with Crippen molar-refractivity contribution in [3.05, 3.63) is 90.5 Å². The molecule has 0 bridgehead atoms. The van der Waals surface area contributed by atoms with Crippen LogP contribution in [0.3, 0.4) is 0 Å². The first kappa shape index (κ1) is 20.9. The Kier molecular flexibility index (Phi) is 6.85. The molecule has 5 nitrogen and oxygen atoms in total. The lowest BCUT2D eigenvalue weighted by molar-refractivity contribution is -0.120. The van der Waals surface area contributed by atoms with Gasteiger partial charge in [0.1, 0.15) is 5.75 Å². The van der Waals surface area contributed by atoms with Gasteiger partial charge in [-0.3, -0.25) is 9.69 Å². The van der Waals surface area contributed by atoms with Crippen LogP contribution in [0.2, 0.25) is 0 Å². The van der Waals surface area contributed by atoms with Gasteiger partial charge in [-0.25, -0.2) is 0 Å². The molecular formula is C26H29N3O2. The van der Waals surface area contributed by atoms with Crippen molar-refractivity contribution < 1.29 is 9.53 Å².